The van der Waals surface area contributed by atoms with Gasteiger partial charge >= 0.3 is 0 Å². The van der Waals surface area contributed by atoms with Gasteiger partial charge in [-0.25, -0.2) is 0 Å². The smallest absolute Gasteiger partial charge is 0.133 e. The first kappa shape index (κ1) is 16.1. The van der Waals surface area contributed by atoms with E-state index in [1.165, 1.54) is 5.56 Å². The predicted octanol–water partition coefficient (Wildman–Crippen LogP) is 3.13. The van der Waals surface area contributed by atoms with Crippen molar-refractivity contribution in [2.75, 3.05) is 14.2 Å². The number of benzene rings is 2. The third-order valence-electron chi connectivity index (χ3n) is 3.94. The first-order chi connectivity index (χ1) is 11.8. The van der Waals surface area contributed by atoms with E-state index in [4.69, 9.17) is 9.47 Å². The molecule has 2 aromatic carbocycles. The molecule has 0 atom stereocenters. The molecule has 0 saturated heterocycles. The molecule has 0 aliphatic heterocycles. The van der Waals surface area contributed by atoms with E-state index in [2.05, 4.69) is 39.0 Å². The molecule has 0 spiro atoms. The van der Waals surface area contributed by atoms with Crippen LogP contribution in [0.1, 0.15) is 17.0 Å². The molecule has 0 bridgehead atoms. The maximum atomic E-state index is 5.33. The van der Waals surface area contributed by atoms with Crippen LogP contribution in [-0.2, 0) is 19.4 Å². The molecule has 1 aromatic heterocycles. The summed E-state index contributed by atoms with van der Waals surface area (Å²) in [5.41, 5.74) is 2.39. The number of hydrogen-bond donors (Lipinski definition) is 0. The number of ether oxygens (including phenoxy) is 2. The van der Waals surface area contributed by atoms with Crippen LogP contribution in [0.2, 0.25) is 0 Å². The summed E-state index contributed by atoms with van der Waals surface area (Å²) in [5.74, 6) is 2.53. The molecule has 0 aliphatic carbocycles. The Morgan fingerprint density at radius 2 is 1.58 bits per heavy atom. The van der Waals surface area contributed by atoms with Crippen molar-refractivity contribution in [2.24, 2.45) is 0 Å². The van der Waals surface area contributed by atoms with Crippen molar-refractivity contribution in [1.29, 1.82) is 0 Å². The molecule has 0 saturated carbocycles. The van der Waals surface area contributed by atoms with E-state index >= 15 is 0 Å². The van der Waals surface area contributed by atoms with E-state index in [0.717, 1.165) is 35.7 Å². The zero-order chi connectivity index (χ0) is 16.8. The summed E-state index contributed by atoms with van der Waals surface area (Å²) in [4.78, 5) is 0. The van der Waals surface area contributed by atoms with E-state index in [9.17, 15) is 0 Å². The highest BCUT2D eigenvalue weighted by Crippen LogP contribution is 2.23. The van der Waals surface area contributed by atoms with Gasteiger partial charge in [0.1, 0.15) is 23.7 Å². The van der Waals surface area contributed by atoms with Crippen LogP contribution in [0.3, 0.4) is 0 Å². The van der Waals surface area contributed by atoms with Gasteiger partial charge < -0.3 is 14.0 Å². The van der Waals surface area contributed by atoms with E-state index in [1.54, 1.807) is 20.5 Å². The Morgan fingerprint density at radius 1 is 0.875 bits per heavy atom. The highest BCUT2D eigenvalue weighted by molar-refractivity contribution is 5.38. The Labute approximate surface area is 141 Å². The highest BCUT2D eigenvalue weighted by atomic mass is 16.5. The zero-order valence-corrected chi connectivity index (χ0v) is 14.0. The van der Waals surface area contributed by atoms with Gasteiger partial charge in [0.05, 0.1) is 20.8 Å². The molecule has 24 heavy (non-hydrogen) atoms. The number of hydrogen-bond acceptors (Lipinski definition) is 4. The second-order valence-electron chi connectivity index (χ2n) is 5.58. The van der Waals surface area contributed by atoms with Gasteiger partial charge in [-0.15, -0.1) is 10.2 Å². The molecular weight excluding hydrogens is 302 g/mol. The van der Waals surface area contributed by atoms with E-state index in [1.807, 2.05) is 24.3 Å². The second-order valence-corrected chi connectivity index (χ2v) is 5.58. The predicted molar refractivity (Wildman–Crippen MR) is 92.5 cm³/mol. The molecule has 0 N–H and O–H groups in total. The molecule has 0 unspecified atom stereocenters. The second kappa shape index (κ2) is 7.64. The largest absolute Gasteiger partial charge is 0.497 e. The van der Waals surface area contributed by atoms with Gasteiger partial charge in [-0.2, -0.15) is 0 Å². The maximum Gasteiger partial charge on any atom is 0.133 e. The van der Waals surface area contributed by atoms with Gasteiger partial charge in [-0.1, -0.05) is 30.3 Å². The Kier molecular flexibility index (Phi) is 5.11. The monoisotopic (exact) mass is 323 g/mol. The minimum atomic E-state index is 0.685. The Hall–Kier alpha value is -2.82. The Bertz CT molecular complexity index is 762. The maximum absolute atomic E-state index is 5.33. The molecule has 0 aliphatic rings. The summed E-state index contributed by atoms with van der Waals surface area (Å²) in [5, 5.41) is 8.33. The third kappa shape index (κ3) is 3.93. The van der Waals surface area contributed by atoms with Crippen molar-refractivity contribution in [3.8, 4) is 11.5 Å². The summed E-state index contributed by atoms with van der Waals surface area (Å²) in [7, 11) is 3.31. The fourth-order valence-electron chi connectivity index (χ4n) is 2.66. The van der Waals surface area contributed by atoms with Crippen molar-refractivity contribution >= 4 is 0 Å². The number of methoxy groups -OCH3 is 2. The molecule has 5 heteroatoms. The molecule has 5 nitrogen and oxygen atoms in total. The third-order valence-corrected chi connectivity index (χ3v) is 3.94. The lowest BCUT2D eigenvalue weighted by Gasteiger charge is -2.10. The van der Waals surface area contributed by atoms with Crippen LogP contribution in [0.5, 0.6) is 11.5 Å². The van der Waals surface area contributed by atoms with E-state index in [-0.39, 0.29) is 0 Å². The van der Waals surface area contributed by atoms with Crippen LogP contribution in [0.4, 0.5) is 0 Å². The normalized spacial score (nSPS) is 10.6. The standard InChI is InChI=1S/C19H21N3O2/c1-23-17-10-16(11-18(12-17)24-2)13-22-14-20-21-19(22)9-8-15-6-4-3-5-7-15/h3-7,10-12,14H,8-9,13H2,1-2H3. The van der Waals surface area contributed by atoms with Crippen molar-refractivity contribution < 1.29 is 9.47 Å². The first-order valence-electron chi connectivity index (χ1n) is 7.91. The van der Waals surface area contributed by atoms with E-state index < -0.39 is 0 Å². The van der Waals surface area contributed by atoms with Gasteiger partial charge in [-0.05, 0) is 29.7 Å². The topological polar surface area (TPSA) is 49.2 Å². The van der Waals surface area contributed by atoms with Crippen molar-refractivity contribution in [3.63, 3.8) is 0 Å². The number of rotatable bonds is 7. The minimum Gasteiger partial charge on any atom is -0.497 e. The summed E-state index contributed by atoms with van der Waals surface area (Å²) in [6, 6.07) is 16.3. The number of aryl methyl sites for hydroxylation is 2. The Morgan fingerprint density at radius 3 is 2.25 bits per heavy atom. The van der Waals surface area contributed by atoms with Gasteiger partial charge in [0, 0.05) is 12.5 Å². The van der Waals surface area contributed by atoms with Crippen LogP contribution in [0.25, 0.3) is 0 Å². The lowest BCUT2D eigenvalue weighted by atomic mass is 10.1. The van der Waals surface area contributed by atoms with Crippen LogP contribution < -0.4 is 9.47 Å². The number of nitrogens with zero attached hydrogens (tertiary/aromatic N) is 3. The van der Waals surface area contributed by atoms with Crippen LogP contribution in [0, 0.1) is 0 Å². The SMILES string of the molecule is COc1cc(Cn2cnnc2CCc2ccccc2)cc(OC)c1. The molecule has 0 radical (unpaired) electrons. The van der Waals surface area contributed by atoms with Crippen molar-refractivity contribution in [2.45, 2.75) is 19.4 Å². The fourth-order valence-corrected chi connectivity index (χ4v) is 2.66. The summed E-state index contributed by atoms with van der Waals surface area (Å²) in [6.07, 6.45) is 3.57. The Balaban J connectivity index is 1.73. The molecule has 1 heterocycles. The van der Waals surface area contributed by atoms with Gasteiger partial charge in [-0.3, -0.25) is 0 Å². The number of aromatic nitrogens is 3. The molecule has 124 valence electrons. The van der Waals surface area contributed by atoms with Gasteiger partial charge in [0.2, 0.25) is 0 Å². The fraction of sp³-hybridized carbons (Fsp3) is 0.263. The first-order valence-corrected chi connectivity index (χ1v) is 7.91. The lowest BCUT2D eigenvalue weighted by Crippen LogP contribution is -2.06. The lowest BCUT2D eigenvalue weighted by molar-refractivity contribution is 0.393. The quantitative estimate of drug-likeness (QED) is 0.670. The molecule has 3 rings (SSSR count). The summed E-state index contributed by atoms with van der Waals surface area (Å²) in [6.45, 7) is 0.685. The molecule has 0 fully saturated rings. The van der Waals surface area contributed by atoms with Crippen molar-refractivity contribution in [1.82, 2.24) is 14.8 Å². The van der Waals surface area contributed by atoms with Crippen LogP contribution in [-0.4, -0.2) is 29.0 Å². The van der Waals surface area contributed by atoms with Crippen LogP contribution >= 0.6 is 0 Å². The van der Waals surface area contributed by atoms with Gasteiger partial charge in [0.25, 0.3) is 0 Å². The zero-order valence-electron chi connectivity index (χ0n) is 14.0. The molecule has 0 amide bonds. The average Bonchev–Trinajstić information content (AvgIpc) is 3.07. The highest BCUT2D eigenvalue weighted by Gasteiger charge is 2.08. The summed E-state index contributed by atoms with van der Waals surface area (Å²) >= 11 is 0. The molecule has 3 aromatic rings. The molecular formula is C19H21N3O2. The van der Waals surface area contributed by atoms with Crippen molar-refractivity contribution in [3.05, 3.63) is 71.8 Å². The van der Waals surface area contributed by atoms with Gasteiger partial charge in [0.15, 0.2) is 0 Å². The van der Waals surface area contributed by atoms with Crippen LogP contribution in [0.15, 0.2) is 54.9 Å². The summed E-state index contributed by atoms with van der Waals surface area (Å²) < 4.78 is 12.7. The average molecular weight is 323 g/mol. The van der Waals surface area contributed by atoms with E-state index in [0.29, 0.717) is 6.54 Å². The minimum absolute atomic E-state index is 0.685.